The highest BCUT2D eigenvalue weighted by molar-refractivity contribution is 6.12. The molecular formula is C33H48N4O11. The number of nitrogens with one attached hydrogen (secondary N) is 3. The third-order valence-corrected chi connectivity index (χ3v) is 6.80. The summed E-state index contributed by atoms with van der Waals surface area (Å²) in [5.41, 5.74) is 1.28. The van der Waals surface area contributed by atoms with Gasteiger partial charge in [-0.05, 0) is 30.5 Å². The molecule has 266 valence electrons. The van der Waals surface area contributed by atoms with Crippen molar-refractivity contribution in [1.29, 1.82) is 0 Å². The van der Waals surface area contributed by atoms with Crippen LogP contribution in [0.2, 0.25) is 0 Å². The van der Waals surface area contributed by atoms with Gasteiger partial charge in [0.05, 0.1) is 58.7 Å². The first kappa shape index (κ1) is 40.0. The first-order chi connectivity index (χ1) is 22.9. The summed E-state index contributed by atoms with van der Waals surface area (Å²) >= 11 is 0. The molecule has 0 aliphatic carbocycles. The molecule has 0 saturated heterocycles. The zero-order valence-corrected chi connectivity index (χ0v) is 28.3. The lowest BCUT2D eigenvalue weighted by Gasteiger charge is -2.24. The second-order valence-corrected chi connectivity index (χ2v) is 11.5. The largest absolute Gasteiger partial charge is 0.461 e. The lowest BCUT2D eigenvalue weighted by Crippen LogP contribution is -2.54. The van der Waals surface area contributed by atoms with Crippen LogP contribution in [-0.2, 0) is 59.1 Å². The van der Waals surface area contributed by atoms with Crippen molar-refractivity contribution in [2.75, 3.05) is 64.7 Å². The van der Waals surface area contributed by atoms with Crippen LogP contribution in [0.4, 0.5) is 5.69 Å². The normalized spacial score (nSPS) is 13.9. The Bertz CT molecular complexity index is 1230. The molecule has 15 nitrogen and oxygen atoms in total. The van der Waals surface area contributed by atoms with E-state index in [4.69, 9.17) is 23.7 Å². The Kier molecular flexibility index (Phi) is 18.0. The number of amides is 5. The standard InChI is InChI=1S/C33H48N4O11/c1-22(2)30(32(42)34-24(5)31(41)35-26-8-6-25(7-9-26)20-48-33(43)23(3)4)36-27(38)21-47-19-18-46-17-16-45-15-14-44-13-12-37-28(39)10-11-29(37)40/h6-11,22-24,30H,12-21H2,1-5H3,(H,34,42)(H,35,41)(H,36,38)/t24-,30-/m0/s1. The number of imide groups is 1. The van der Waals surface area contributed by atoms with Crippen LogP contribution in [0.5, 0.6) is 0 Å². The topological polar surface area (TPSA) is 188 Å². The smallest absolute Gasteiger partial charge is 0.308 e. The number of esters is 1. The first-order valence-corrected chi connectivity index (χ1v) is 15.9. The van der Waals surface area contributed by atoms with E-state index >= 15 is 0 Å². The van der Waals surface area contributed by atoms with Gasteiger partial charge in [-0.1, -0.05) is 39.8 Å². The van der Waals surface area contributed by atoms with Crippen LogP contribution in [0.15, 0.2) is 36.4 Å². The van der Waals surface area contributed by atoms with Gasteiger partial charge in [0, 0.05) is 17.8 Å². The van der Waals surface area contributed by atoms with Gasteiger partial charge in [0.1, 0.15) is 25.3 Å². The Morgan fingerprint density at radius 1 is 0.708 bits per heavy atom. The molecule has 2 atom stereocenters. The minimum Gasteiger partial charge on any atom is -0.461 e. The van der Waals surface area contributed by atoms with E-state index in [0.29, 0.717) is 32.1 Å². The summed E-state index contributed by atoms with van der Waals surface area (Å²) < 4.78 is 26.7. The molecule has 0 unspecified atom stereocenters. The molecule has 15 heteroatoms. The van der Waals surface area contributed by atoms with E-state index in [9.17, 15) is 28.8 Å². The van der Waals surface area contributed by atoms with Crippen LogP contribution in [0.25, 0.3) is 0 Å². The molecule has 0 saturated carbocycles. The van der Waals surface area contributed by atoms with Crippen molar-refractivity contribution in [3.8, 4) is 0 Å². The lowest BCUT2D eigenvalue weighted by atomic mass is 10.0. The Labute approximate surface area is 281 Å². The maximum Gasteiger partial charge on any atom is 0.308 e. The zero-order chi connectivity index (χ0) is 35.5. The molecule has 1 aromatic carbocycles. The van der Waals surface area contributed by atoms with Gasteiger partial charge in [0.15, 0.2) is 0 Å². The summed E-state index contributed by atoms with van der Waals surface area (Å²) in [6.07, 6.45) is 2.45. The van der Waals surface area contributed by atoms with Gasteiger partial charge >= 0.3 is 5.97 Å². The number of carbonyl (C=O) groups excluding carboxylic acids is 6. The van der Waals surface area contributed by atoms with Gasteiger partial charge in [-0.3, -0.25) is 33.7 Å². The van der Waals surface area contributed by atoms with E-state index in [1.165, 1.54) is 19.1 Å². The molecule has 0 spiro atoms. The monoisotopic (exact) mass is 676 g/mol. The third-order valence-electron chi connectivity index (χ3n) is 6.80. The summed E-state index contributed by atoms with van der Waals surface area (Å²) in [6, 6.07) is 5.03. The van der Waals surface area contributed by atoms with Gasteiger partial charge in [-0.15, -0.1) is 0 Å². The molecule has 0 aromatic heterocycles. The van der Waals surface area contributed by atoms with E-state index < -0.39 is 29.8 Å². The van der Waals surface area contributed by atoms with Crippen molar-refractivity contribution in [3.63, 3.8) is 0 Å². The summed E-state index contributed by atoms with van der Waals surface area (Å²) in [7, 11) is 0. The first-order valence-electron chi connectivity index (χ1n) is 15.9. The molecular weight excluding hydrogens is 628 g/mol. The quantitative estimate of drug-likeness (QED) is 0.0851. The van der Waals surface area contributed by atoms with E-state index in [2.05, 4.69) is 16.0 Å². The molecule has 0 bridgehead atoms. The maximum absolute atomic E-state index is 12.9. The van der Waals surface area contributed by atoms with Gasteiger partial charge in [0.2, 0.25) is 17.7 Å². The predicted molar refractivity (Wildman–Crippen MR) is 173 cm³/mol. The summed E-state index contributed by atoms with van der Waals surface area (Å²) in [6.45, 7) is 10.5. The molecule has 1 aromatic rings. The van der Waals surface area contributed by atoms with Crippen LogP contribution in [0.1, 0.15) is 40.2 Å². The highest BCUT2D eigenvalue weighted by Gasteiger charge is 2.27. The number of rotatable bonds is 23. The maximum atomic E-state index is 12.9. The highest BCUT2D eigenvalue weighted by Crippen LogP contribution is 2.12. The van der Waals surface area contributed by atoms with E-state index in [0.717, 1.165) is 10.5 Å². The fraction of sp³-hybridized carbons (Fsp3) is 0.576. The van der Waals surface area contributed by atoms with Crippen LogP contribution in [0.3, 0.4) is 0 Å². The highest BCUT2D eigenvalue weighted by atomic mass is 16.6. The van der Waals surface area contributed by atoms with Crippen molar-refractivity contribution in [1.82, 2.24) is 15.5 Å². The molecule has 3 N–H and O–H groups in total. The minimum atomic E-state index is -0.885. The van der Waals surface area contributed by atoms with Crippen LogP contribution >= 0.6 is 0 Å². The molecule has 5 amide bonds. The fourth-order valence-electron chi connectivity index (χ4n) is 4.01. The van der Waals surface area contributed by atoms with Crippen molar-refractivity contribution in [3.05, 3.63) is 42.0 Å². The van der Waals surface area contributed by atoms with Crippen LogP contribution in [0, 0.1) is 11.8 Å². The van der Waals surface area contributed by atoms with E-state index in [1.807, 2.05) is 0 Å². The van der Waals surface area contributed by atoms with Gasteiger partial charge < -0.3 is 39.6 Å². The van der Waals surface area contributed by atoms with Gasteiger partial charge in [-0.2, -0.15) is 0 Å². The number of anilines is 1. The molecule has 1 aliphatic rings. The van der Waals surface area contributed by atoms with Gasteiger partial charge in [-0.25, -0.2) is 0 Å². The second-order valence-electron chi connectivity index (χ2n) is 11.5. The number of nitrogens with zero attached hydrogens (tertiary/aromatic N) is 1. The molecule has 1 aliphatic heterocycles. The Hall–Kier alpha value is -4.18. The zero-order valence-electron chi connectivity index (χ0n) is 28.3. The van der Waals surface area contributed by atoms with Crippen molar-refractivity contribution < 1.29 is 52.5 Å². The molecule has 0 radical (unpaired) electrons. The average Bonchev–Trinajstić information content (AvgIpc) is 3.37. The molecule has 1 heterocycles. The van der Waals surface area contributed by atoms with Crippen LogP contribution < -0.4 is 16.0 Å². The van der Waals surface area contributed by atoms with Crippen molar-refractivity contribution in [2.45, 2.75) is 53.3 Å². The summed E-state index contributed by atoms with van der Waals surface area (Å²) in [5, 5.41) is 8.01. The third kappa shape index (κ3) is 15.2. The minimum absolute atomic E-state index is 0.128. The van der Waals surface area contributed by atoms with E-state index in [1.54, 1.807) is 52.0 Å². The summed E-state index contributed by atoms with van der Waals surface area (Å²) in [4.78, 5) is 73.6. The molecule has 0 fully saturated rings. The average molecular weight is 677 g/mol. The number of ether oxygens (including phenoxy) is 5. The number of hydrogen-bond donors (Lipinski definition) is 3. The summed E-state index contributed by atoms with van der Waals surface area (Å²) in [5.74, 6) is -2.90. The Morgan fingerprint density at radius 3 is 1.79 bits per heavy atom. The Balaban J connectivity index is 1.56. The Morgan fingerprint density at radius 2 is 1.25 bits per heavy atom. The number of carbonyl (C=O) groups is 6. The number of benzene rings is 1. The van der Waals surface area contributed by atoms with Crippen LogP contribution in [-0.4, -0.2) is 112 Å². The van der Waals surface area contributed by atoms with Crippen molar-refractivity contribution in [2.24, 2.45) is 11.8 Å². The van der Waals surface area contributed by atoms with Crippen molar-refractivity contribution >= 4 is 41.2 Å². The number of hydrogen-bond acceptors (Lipinski definition) is 11. The molecule has 48 heavy (non-hydrogen) atoms. The predicted octanol–water partition coefficient (Wildman–Crippen LogP) is 0.961. The second kappa shape index (κ2) is 21.6. The molecule has 2 rings (SSSR count). The van der Waals surface area contributed by atoms with E-state index in [-0.39, 0.29) is 69.2 Å². The fourth-order valence-corrected chi connectivity index (χ4v) is 4.01. The SMILES string of the molecule is CC(C)C(=O)OCc1ccc(NC(=O)[C@H](C)NC(=O)[C@@H](NC(=O)COCCOCCOCCOCCN2C(=O)C=CC2=O)C(C)C)cc1. The van der Waals surface area contributed by atoms with Gasteiger partial charge in [0.25, 0.3) is 11.8 Å². The lowest BCUT2D eigenvalue weighted by molar-refractivity contribution is -0.148.